The number of unbranched alkanes of at least 4 members (excludes halogenated alkanes) is 3. The maximum Gasteiger partial charge on any atom is 0.334 e. The molecule has 0 bridgehead atoms. The zero-order valence-corrected chi connectivity index (χ0v) is 17.7. The first-order valence-corrected chi connectivity index (χ1v) is 14.1. The van der Waals surface area contributed by atoms with Gasteiger partial charge in [-0.1, -0.05) is 25.7 Å². The van der Waals surface area contributed by atoms with Gasteiger partial charge in [-0.05, 0) is 52.9 Å². The lowest BCUT2D eigenvalue weighted by atomic mass is 10.2. The van der Waals surface area contributed by atoms with Gasteiger partial charge in [-0.2, -0.15) is 0 Å². The van der Waals surface area contributed by atoms with Gasteiger partial charge in [0, 0.05) is 26.4 Å². The summed E-state index contributed by atoms with van der Waals surface area (Å²) in [7, 11) is -3.82. The standard InChI is InChI=1S/C16H38O4Si2/c1-7-17-21(5,18-8-2)15-13-11-12-14-16-22(6,19-9-3)20-10-4/h7-16H2,1-6H3. The molecule has 0 aromatic carbocycles. The van der Waals surface area contributed by atoms with E-state index in [4.69, 9.17) is 17.7 Å². The first kappa shape index (κ1) is 22.3. The Balaban J connectivity index is 3.91. The van der Waals surface area contributed by atoms with Gasteiger partial charge < -0.3 is 17.7 Å². The van der Waals surface area contributed by atoms with Crippen molar-refractivity contribution in [3.63, 3.8) is 0 Å². The molecule has 0 aliphatic rings. The van der Waals surface area contributed by atoms with Gasteiger partial charge in [-0.25, -0.2) is 0 Å². The lowest BCUT2D eigenvalue weighted by Gasteiger charge is -2.26. The molecule has 0 spiro atoms. The summed E-state index contributed by atoms with van der Waals surface area (Å²) in [5.41, 5.74) is 0. The van der Waals surface area contributed by atoms with Crippen LogP contribution in [0.1, 0.15) is 53.4 Å². The van der Waals surface area contributed by atoms with Crippen LogP contribution in [-0.2, 0) is 17.7 Å². The molecule has 134 valence electrons. The van der Waals surface area contributed by atoms with E-state index in [1.807, 2.05) is 0 Å². The van der Waals surface area contributed by atoms with E-state index >= 15 is 0 Å². The molecule has 0 unspecified atom stereocenters. The van der Waals surface area contributed by atoms with Gasteiger partial charge in [0.05, 0.1) is 0 Å². The Morgan fingerprint density at radius 2 is 0.773 bits per heavy atom. The highest BCUT2D eigenvalue weighted by Crippen LogP contribution is 2.21. The van der Waals surface area contributed by atoms with Crippen molar-refractivity contribution in [3.05, 3.63) is 0 Å². The Labute approximate surface area is 140 Å². The smallest absolute Gasteiger partial charge is 0.334 e. The largest absolute Gasteiger partial charge is 0.395 e. The van der Waals surface area contributed by atoms with Gasteiger partial charge in [-0.3, -0.25) is 0 Å². The third-order valence-corrected chi connectivity index (χ3v) is 9.93. The fraction of sp³-hybridized carbons (Fsp3) is 1.00. The normalized spacial score (nSPS) is 12.8. The third-order valence-electron chi connectivity index (χ3n) is 3.81. The number of hydrogen-bond acceptors (Lipinski definition) is 4. The molecule has 0 aromatic heterocycles. The lowest BCUT2D eigenvalue weighted by molar-refractivity contribution is 0.186. The van der Waals surface area contributed by atoms with Gasteiger partial charge in [0.2, 0.25) is 0 Å². The van der Waals surface area contributed by atoms with Crippen molar-refractivity contribution in [1.82, 2.24) is 0 Å². The van der Waals surface area contributed by atoms with E-state index in [-0.39, 0.29) is 0 Å². The van der Waals surface area contributed by atoms with Crippen LogP contribution in [0.15, 0.2) is 0 Å². The summed E-state index contributed by atoms with van der Waals surface area (Å²) in [4.78, 5) is 0. The molecular formula is C16H38O4Si2. The molecule has 0 heterocycles. The molecule has 0 rings (SSSR count). The second-order valence-corrected chi connectivity index (χ2v) is 12.6. The second kappa shape index (κ2) is 12.7. The van der Waals surface area contributed by atoms with E-state index < -0.39 is 17.1 Å². The van der Waals surface area contributed by atoms with Crippen LogP contribution >= 0.6 is 0 Å². The number of hydrogen-bond donors (Lipinski definition) is 0. The summed E-state index contributed by atoms with van der Waals surface area (Å²) in [5, 5.41) is 0. The van der Waals surface area contributed by atoms with E-state index in [1.165, 1.54) is 25.7 Å². The highest BCUT2D eigenvalue weighted by molar-refractivity contribution is 6.66. The molecule has 0 aliphatic carbocycles. The molecule has 0 radical (unpaired) electrons. The molecule has 0 aliphatic heterocycles. The zero-order chi connectivity index (χ0) is 16.9. The molecule has 0 amide bonds. The lowest BCUT2D eigenvalue weighted by Crippen LogP contribution is -2.38. The summed E-state index contributed by atoms with van der Waals surface area (Å²) in [6, 6.07) is 2.20. The van der Waals surface area contributed by atoms with Crippen molar-refractivity contribution in [3.8, 4) is 0 Å². The molecular weight excluding hydrogens is 312 g/mol. The first-order chi connectivity index (χ1) is 10.4. The van der Waals surface area contributed by atoms with Gasteiger partial charge in [0.1, 0.15) is 0 Å². The minimum atomic E-state index is -1.91. The van der Waals surface area contributed by atoms with Gasteiger partial charge >= 0.3 is 17.1 Å². The quantitative estimate of drug-likeness (QED) is 0.313. The minimum Gasteiger partial charge on any atom is -0.395 e. The highest BCUT2D eigenvalue weighted by atomic mass is 28.4. The maximum absolute atomic E-state index is 5.88. The fourth-order valence-electron chi connectivity index (χ4n) is 2.84. The highest BCUT2D eigenvalue weighted by Gasteiger charge is 2.31. The minimum absolute atomic E-state index is 0.759. The average molecular weight is 351 g/mol. The summed E-state index contributed by atoms with van der Waals surface area (Å²) in [6.07, 6.45) is 4.88. The first-order valence-electron chi connectivity index (χ1n) is 9.01. The van der Waals surface area contributed by atoms with Crippen molar-refractivity contribution in [2.75, 3.05) is 26.4 Å². The molecule has 0 saturated carbocycles. The van der Waals surface area contributed by atoms with E-state index in [1.54, 1.807) is 0 Å². The molecule has 4 nitrogen and oxygen atoms in total. The Kier molecular flexibility index (Phi) is 12.8. The van der Waals surface area contributed by atoms with Crippen LogP contribution in [-0.4, -0.2) is 43.5 Å². The predicted molar refractivity (Wildman–Crippen MR) is 97.8 cm³/mol. The Hall–Kier alpha value is 0.274. The van der Waals surface area contributed by atoms with Gasteiger partial charge in [0.25, 0.3) is 0 Å². The molecule has 6 heteroatoms. The monoisotopic (exact) mass is 350 g/mol. The van der Waals surface area contributed by atoms with E-state index in [0.717, 1.165) is 38.5 Å². The van der Waals surface area contributed by atoms with Crippen LogP contribution in [0.25, 0.3) is 0 Å². The Morgan fingerprint density at radius 1 is 0.500 bits per heavy atom. The Bertz CT molecular complexity index is 227. The summed E-state index contributed by atoms with van der Waals surface area (Å²) >= 11 is 0. The molecule has 0 fully saturated rings. The third kappa shape index (κ3) is 10.1. The van der Waals surface area contributed by atoms with Gasteiger partial charge in [-0.15, -0.1) is 0 Å². The van der Waals surface area contributed by atoms with E-state index in [2.05, 4.69) is 40.8 Å². The summed E-state index contributed by atoms with van der Waals surface area (Å²) < 4.78 is 23.5. The van der Waals surface area contributed by atoms with Crippen molar-refractivity contribution in [1.29, 1.82) is 0 Å². The predicted octanol–water partition coefficient (Wildman–Crippen LogP) is 4.84. The van der Waals surface area contributed by atoms with Crippen LogP contribution < -0.4 is 0 Å². The van der Waals surface area contributed by atoms with Crippen molar-refractivity contribution in [2.45, 2.75) is 78.6 Å². The molecule has 0 saturated heterocycles. The summed E-state index contributed by atoms with van der Waals surface area (Å²) in [5.74, 6) is 0. The van der Waals surface area contributed by atoms with Crippen molar-refractivity contribution >= 4 is 17.1 Å². The van der Waals surface area contributed by atoms with Crippen LogP contribution in [0, 0.1) is 0 Å². The van der Waals surface area contributed by atoms with Gasteiger partial charge in [0.15, 0.2) is 0 Å². The maximum atomic E-state index is 5.88. The zero-order valence-electron chi connectivity index (χ0n) is 15.7. The van der Waals surface area contributed by atoms with Crippen LogP contribution in [0.2, 0.25) is 25.2 Å². The molecule has 22 heavy (non-hydrogen) atoms. The second-order valence-electron chi connectivity index (χ2n) is 5.91. The van der Waals surface area contributed by atoms with Crippen LogP contribution in [0.4, 0.5) is 0 Å². The summed E-state index contributed by atoms with van der Waals surface area (Å²) in [6.45, 7) is 15.6. The topological polar surface area (TPSA) is 36.9 Å². The van der Waals surface area contributed by atoms with E-state index in [0.29, 0.717) is 0 Å². The van der Waals surface area contributed by atoms with Crippen LogP contribution in [0.5, 0.6) is 0 Å². The van der Waals surface area contributed by atoms with Crippen molar-refractivity contribution < 1.29 is 17.7 Å². The van der Waals surface area contributed by atoms with Crippen molar-refractivity contribution in [2.24, 2.45) is 0 Å². The molecule has 0 aromatic rings. The Morgan fingerprint density at radius 3 is 1.00 bits per heavy atom. The fourth-order valence-corrected chi connectivity index (χ4v) is 7.81. The SMILES string of the molecule is CCO[Si](C)(CCCCCC[Si](C)(OCC)OCC)OCC. The van der Waals surface area contributed by atoms with E-state index in [9.17, 15) is 0 Å². The molecule has 0 N–H and O–H groups in total. The average Bonchev–Trinajstić information content (AvgIpc) is 2.44. The van der Waals surface area contributed by atoms with Crippen LogP contribution in [0.3, 0.4) is 0 Å². The molecule has 0 atom stereocenters. The number of rotatable bonds is 15.